The summed E-state index contributed by atoms with van der Waals surface area (Å²) in [5.74, 6) is 0.867. The number of ketones is 1. The summed E-state index contributed by atoms with van der Waals surface area (Å²) in [5.41, 5.74) is 1.88. The highest BCUT2D eigenvalue weighted by Gasteiger charge is 2.24. The van der Waals surface area contributed by atoms with Gasteiger partial charge in [-0.1, -0.05) is 30.3 Å². The van der Waals surface area contributed by atoms with E-state index in [0.717, 1.165) is 9.13 Å². The van der Waals surface area contributed by atoms with Gasteiger partial charge in [-0.2, -0.15) is 0 Å². The maximum atomic E-state index is 13.3. The van der Waals surface area contributed by atoms with Crippen molar-refractivity contribution >= 4 is 28.4 Å². The van der Waals surface area contributed by atoms with Gasteiger partial charge in [-0.25, -0.2) is 0 Å². The minimum Gasteiger partial charge on any atom is -0.467 e. The SMILES string of the molecule is COCCc1c(I)c(OCOC)cc(OCOC)c1C(=O)c1ccccc1. The fraction of sp³-hybridized carbons (Fsp3) is 0.350. The Hall–Kier alpha value is -1.68. The lowest BCUT2D eigenvalue weighted by molar-refractivity contribution is 0.0450. The first kappa shape index (κ1) is 21.6. The molecule has 0 aliphatic carbocycles. The average Bonchev–Trinajstić information content (AvgIpc) is 2.70. The number of methoxy groups -OCH3 is 3. The molecule has 2 rings (SSSR count). The van der Waals surface area contributed by atoms with Gasteiger partial charge in [-0.15, -0.1) is 0 Å². The minimum atomic E-state index is -0.121. The molecule has 146 valence electrons. The first-order valence-corrected chi connectivity index (χ1v) is 9.39. The zero-order valence-electron chi connectivity index (χ0n) is 15.6. The Kier molecular flexibility index (Phi) is 8.99. The topological polar surface area (TPSA) is 63.2 Å². The van der Waals surface area contributed by atoms with Gasteiger partial charge in [0.05, 0.1) is 15.7 Å². The van der Waals surface area contributed by atoms with Gasteiger partial charge in [0.1, 0.15) is 11.5 Å². The number of hydrogen-bond donors (Lipinski definition) is 0. The Labute approximate surface area is 172 Å². The van der Waals surface area contributed by atoms with Crippen LogP contribution in [0.4, 0.5) is 0 Å². The van der Waals surface area contributed by atoms with Crippen LogP contribution in [-0.2, 0) is 20.6 Å². The number of carbonyl (C=O) groups excluding carboxylic acids is 1. The number of ether oxygens (including phenoxy) is 5. The molecule has 0 heterocycles. The van der Waals surface area contributed by atoms with Crippen LogP contribution in [0.15, 0.2) is 36.4 Å². The Morgan fingerprint density at radius 3 is 2.15 bits per heavy atom. The van der Waals surface area contributed by atoms with E-state index >= 15 is 0 Å². The van der Waals surface area contributed by atoms with Crippen LogP contribution in [0.5, 0.6) is 11.5 Å². The second-order valence-corrected chi connectivity index (χ2v) is 6.66. The van der Waals surface area contributed by atoms with Crippen LogP contribution < -0.4 is 9.47 Å². The normalized spacial score (nSPS) is 10.7. The molecular weight excluding hydrogens is 463 g/mol. The lowest BCUT2D eigenvalue weighted by atomic mass is 9.95. The van der Waals surface area contributed by atoms with Gasteiger partial charge < -0.3 is 23.7 Å². The standard InChI is InChI=1S/C20H23IO6/c1-23-10-9-15-18(20(22)14-7-5-4-6-8-14)16(26-12-24-2)11-17(19(15)21)27-13-25-3/h4-8,11H,9-10,12-13H2,1-3H3. The molecule has 0 unspecified atom stereocenters. The average molecular weight is 486 g/mol. The Bertz CT molecular complexity index is 748. The fourth-order valence-corrected chi connectivity index (χ4v) is 3.40. The van der Waals surface area contributed by atoms with Gasteiger partial charge >= 0.3 is 0 Å². The van der Waals surface area contributed by atoms with E-state index in [1.165, 1.54) is 7.11 Å². The summed E-state index contributed by atoms with van der Waals surface area (Å²) < 4.78 is 27.5. The van der Waals surface area contributed by atoms with Crippen LogP contribution in [0.3, 0.4) is 0 Å². The molecule has 0 radical (unpaired) electrons. The zero-order valence-corrected chi connectivity index (χ0v) is 17.8. The van der Waals surface area contributed by atoms with Gasteiger partial charge in [-0.05, 0) is 34.6 Å². The molecular formula is C20H23IO6. The van der Waals surface area contributed by atoms with E-state index in [-0.39, 0.29) is 19.4 Å². The Morgan fingerprint density at radius 1 is 0.926 bits per heavy atom. The van der Waals surface area contributed by atoms with Crippen molar-refractivity contribution in [2.45, 2.75) is 6.42 Å². The third kappa shape index (κ3) is 5.65. The van der Waals surface area contributed by atoms with E-state index in [1.807, 2.05) is 18.2 Å². The smallest absolute Gasteiger partial charge is 0.197 e. The number of carbonyl (C=O) groups is 1. The molecule has 7 heteroatoms. The van der Waals surface area contributed by atoms with Gasteiger partial charge in [0, 0.05) is 33.0 Å². The van der Waals surface area contributed by atoms with Crippen LogP contribution in [0.2, 0.25) is 0 Å². The lowest BCUT2D eigenvalue weighted by Gasteiger charge is -2.19. The van der Waals surface area contributed by atoms with Gasteiger partial charge in [0.25, 0.3) is 0 Å². The van der Waals surface area contributed by atoms with Gasteiger partial charge in [0.15, 0.2) is 19.4 Å². The second kappa shape index (κ2) is 11.2. The van der Waals surface area contributed by atoms with E-state index in [2.05, 4.69) is 22.6 Å². The summed E-state index contributed by atoms with van der Waals surface area (Å²) in [5, 5.41) is 0. The molecule has 0 atom stereocenters. The van der Waals surface area contributed by atoms with Crippen molar-refractivity contribution in [3.05, 3.63) is 56.7 Å². The number of rotatable bonds is 11. The van der Waals surface area contributed by atoms with Crippen molar-refractivity contribution in [1.29, 1.82) is 0 Å². The van der Waals surface area contributed by atoms with Crippen LogP contribution in [-0.4, -0.2) is 47.3 Å². The summed E-state index contributed by atoms with van der Waals surface area (Å²) in [6.45, 7) is 0.570. The third-order valence-corrected chi connectivity index (χ3v) is 4.96. The van der Waals surface area contributed by atoms with Crippen molar-refractivity contribution < 1.29 is 28.5 Å². The summed E-state index contributed by atoms with van der Waals surface area (Å²) in [7, 11) is 4.70. The first-order chi connectivity index (χ1) is 13.1. The molecule has 0 N–H and O–H groups in total. The largest absolute Gasteiger partial charge is 0.467 e. The van der Waals surface area contributed by atoms with Crippen molar-refractivity contribution in [3.8, 4) is 11.5 Å². The maximum Gasteiger partial charge on any atom is 0.197 e. The second-order valence-electron chi connectivity index (χ2n) is 5.58. The molecule has 0 aromatic heterocycles. The number of benzene rings is 2. The molecule has 0 spiro atoms. The minimum absolute atomic E-state index is 0.0170. The molecule has 2 aromatic rings. The predicted octanol–water partition coefficient (Wildman–Crippen LogP) is 3.68. The fourth-order valence-electron chi connectivity index (χ4n) is 2.55. The Morgan fingerprint density at radius 2 is 1.56 bits per heavy atom. The van der Waals surface area contributed by atoms with E-state index in [9.17, 15) is 4.79 Å². The van der Waals surface area contributed by atoms with Crippen LogP contribution in [0.25, 0.3) is 0 Å². The quantitative estimate of drug-likeness (QED) is 0.275. The van der Waals surface area contributed by atoms with Gasteiger partial charge in [-0.3, -0.25) is 4.79 Å². The predicted molar refractivity (Wildman–Crippen MR) is 110 cm³/mol. The van der Waals surface area contributed by atoms with Crippen LogP contribution >= 0.6 is 22.6 Å². The van der Waals surface area contributed by atoms with Crippen molar-refractivity contribution in [2.24, 2.45) is 0 Å². The van der Waals surface area contributed by atoms with Crippen molar-refractivity contribution in [3.63, 3.8) is 0 Å². The molecule has 0 saturated carbocycles. The molecule has 27 heavy (non-hydrogen) atoms. The molecule has 0 amide bonds. The van der Waals surface area contributed by atoms with Crippen LogP contribution in [0.1, 0.15) is 21.5 Å². The van der Waals surface area contributed by atoms with Gasteiger partial charge in [0.2, 0.25) is 0 Å². The van der Waals surface area contributed by atoms with E-state index in [4.69, 9.17) is 23.7 Å². The van der Waals surface area contributed by atoms with E-state index in [0.29, 0.717) is 35.7 Å². The summed E-state index contributed by atoms with van der Waals surface area (Å²) >= 11 is 2.18. The van der Waals surface area contributed by atoms with E-state index < -0.39 is 0 Å². The van der Waals surface area contributed by atoms with Crippen molar-refractivity contribution in [1.82, 2.24) is 0 Å². The molecule has 6 nitrogen and oxygen atoms in total. The summed E-state index contributed by atoms with van der Waals surface area (Å²) in [6.07, 6.45) is 0.538. The van der Waals surface area contributed by atoms with Crippen LogP contribution in [0, 0.1) is 3.57 Å². The molecule has 2 aromatic carbocycles. The summed E-state index contributed by atoms with van der Waals surface area (Å²) in [4.78, 5) is 13.3. The number of hydrogen-bond acceptors (Lipinski definition) is 6. The molecule has 0 aliphatic heterocycles. The number of halogens is 1. The lowest BCUT2D eigenvalue weighted by Crippen LogP contribution is -2.14. The highest BCUT2D eigenvalue weighted by molar-refractivity contribution is 14.1. The van der Waals surface area contributed by atoms with E-state index in [1.54, 1.807) is 32.4 Å². The summed E-state index contributed by atoms with van der Waals surface area (Å²) in [6, 6.07) is 10.8. The highest BCUT2D eigenvalue weighted by atomic mass is 127. The zero-order chi connectivity index (χ0) is 19.6. The monoisotopic (exact) mass is 486 g/mol. The molecule has 0 bridgehead atoms. The maximum absolute atomic E-state index is 13.3. The highest BCUT2D eigenvalue weighted by Crippen LogP contribution is 2.37. The van der Waals surface area contributed by atoms with Crippen molar-refractivity contribution in [2.75, 3.05) is 41.5 Å². The molecule has 0 aliphatic rings. The Balaban J connectivity index is 2.60. The first-order valence-electron chi connectivity index (χ1n) is 8.31. The third-order valence-electron chi connectivity index (χ3n) is 3.78. The molecule has 0 saturated heterocycles. The molecule has 0 fully saturated rings.